The second-order valence-corrected chi connectivity index (χ2v) is 8.69. The van der Waals surface area contributed by atoms with Crippen LogP contribution in [0.15, 0.2) is 0 Å². The van der Waals surface area contributed by atoms with Crippen molar-refractivity contribution in [3.8, 4) is 0 Å². The molecule has 2 aliphatic heterocycles. The fraction of sp³-hybridized carbons (Fsp3) is 0.947. The number of rotatable bonds is 3. The van der Waals surface area contributed by atoms with Gasteiger partial charge in [-0.25, -0.2) is 0 Å². The SMILES string of the molecule is CC(=O)N1CCN([C@@H]2CN(CC3(O)CCC(C)CC3)C[C@H]2C)CC1. The zero-order valence-electron chi connectivity index (χ0n) is 15.7. The van der Waals surface area contributed by atoms with Gasteiger partial charge in [0.1, 0.15) is 0 Å². The number of nitrogens with zero attached hydrogens (tertiary/aromatic N) is 3. The number of β-amino-alcohol motifs (C(OH)–C–C–N with tert-alkyl or cyclic N) is 1. The van der Waals surface area contributed by atoms with E-state index in [-0.39, 0.29) is 5.91 Å². The van der Waals surface area contributed by atoms with Crippen molar-refractivity contribution in [1.82, 2.24) is 14.7 Å². The van der Waals surface area contributed by atoms with Crippen LogP contribution in [0, 0.1) is 11.8 Å². The van der Waals surface area contributed by atoms with Crippen LogP contribution in [0.25, 0.3) is 0 Å². The van der Waals surface area contributed by atoms with Gasteiger partial charge in [-0.1, -0.05) is 13.8 Å². The van der Waals surface area contributed by atoms with Crippen molar-refractivity contribution in [1.29, 1.82) is 0 Å². The highest BCUT2D eigenvalue weighted by molar-refractivity contribution is 5.73. The molecule has 1 N–H and O–H groups in total. The maximum Gasteiger partial charge on any atom is 0.219 e. The number of hydrogen-bond donors (Lipinski definition) is 1. The normalized spacial score (nSPS) is 39.3. The quantitative estimate of drug-likeness (QED) is 0.846. The molecule has 0 aromatic heterocycles. The molecule has 0 spiro atoms. The third-order valence-corrected chi connectivity index (χ3v) is 6.60. The van der Waals surface area contributed by atoms with Crippen molar-refractivity contribution < 1.29 is 9.90 Å². The maximum absolute atomic E-state index is 11.5. The Labute approximate surface area is 147 Å². The third kappa shape index (κ3) is 4.12. The average Bonchev–Trinajstić information content (AvgIpc) is 2.90. The predicted molar refractivity (Wildman–Crippen MR) is 95.8 cm³/mol. The van der Waals surface area contributed by atoms with E-state index in [4.69, 9.17) is 0 Å². The highest BCUT2D eigenvalue weighted by Gasteiger charge is 2.40. The van der Waals surface area contributed by atoms with E-state index in [0.29, 0.717) is 12.0 Å². The van der Waals surface area contributed by atoms with E-state index in [1.165, 1.54) is 0 Å². The van der Waals surface area contributed by atoms with Gasteiger partial charge in [-0.3, -0.25) is 14.6 Å². The van der Waals surface area contributed by atoms with Crippen molar-refractivity contribution in [3.05, 3.63) is 0 Å². The summed E-state index contributed by atoms with van der Waals surface area (Å²) in [6, 6.07) is 0.574. The van der Waals surface area contributed by atoms with Gasteiger partial charge in [0, 0.05) is 58.8 Å². The Hall–Kier alpha value is -0.650. The number of piperazine rings is 1. The van der Waals surface area contributed by atoms with Gasteiger partial charge in [0.2, 0.25) is 5.91 Å². The van der Waals surface area contributed by atoms with Crippen LogP contribution in [0.1, 0.15) is 46.5 Å². The molecule has 138 valence electrons. The zero-order chi connectivity index (χ0) is 17.3. The molecule has 0 unspecified atom stereocenters. The lowest BCUT2D eigenvalue weighted by Crippen LogP contribution is -2.53. The first-order chi connectivity index (χ1) is 11.4. The minimum atomic E-state index is -0.464. The minimum absolute atomic E-state index is 0.199. The Bertz CT molecular complexity index is 440. The van der Waals surface area contributed by atoms with E-state index in [1.54, 1.807) is 6.92 Å². The first-order valence-electron chi connectivity index (χ1n) is 9.80. The molecule has 3 aliphatic rings. The summed E-state index contributed by atoms with van der Waals surface area (Å²) in [6.45, 7) is 13.0. The first kappa shape index (κ1) is 18.2. The van der Waals surface area contributed by atoms with E-state index in [9.17, 15) is 9.90 Å². The molecule has 1 saturated carbocycles. The summed E-state index contributed by atoms with van der Waals surface area (Å²) in [6.07, 6.45) is 4.24. The molecule has 2 saturated heterocycles. The summed E-state index contributed by atoms with van der Waals surface area (Å²) in [5.41, 5.74) is -0.464. The number of carbonyl (C=O) groups excluding carboxylic acids is 1. The predicted octanol–water partition coefficient (Wildman–Crippen LogP) is 1.41. The molecule has 24 heavy (non-hydrogen) atoms. The standard InChI is InChI=1S/C19H35N3O2/c1-15-4-6-19(24,7-5-15)14-20-12-16(2)18(13-20)22-10-8-21(9-11-22)17(3)23/h15-16,18,24H,4-14H2,1-3H3/t15?,16-,18-,19?/m1/s1. The van der Waals surface area contributed by atoms with Crippen LogP contribution in [0.4, 0.5) is 0 Å². The van der Waals surface area contributed by atoms with Gasteiger partial charge in [0.05, 0.1) is 5.60 Å². The third-order valence-electron chi connectivity index (χ3n) is 6.60. The minimum Gasteiger partial charge on any atom is -0.389 e. The monoisotopic (exact) mass is 337 g/mol. The summed E-state index contributed by atoms with van der Waals surface area (Å²) in [5.74, 6) is 1.61. The van der Waals surface area contributed by atoms with Gasteiger partial charge in [-0.15, -0.1) is 0 Å². The molecule has 3 rings (SSSR count). The van der Waals surface area contributed by atoms with E-state index in [0.717, 1.165) is 77.4 Å². The number of likely N-dealkylation sites (tertiary alicyclic amines) is 1. The summed E-state index contributed by atoms with van der Waals surface area (Å²) >= 11 is 0. The van der Waals surface area contributed by atoms with Gasteiger partial charge < -0.3 is 10.0 Å². The van der Waals surface area contributed by atoms with Gasteiger partial charge in [-0.2, -0.15) is 0 Å². The van der Waals surface area contributed by atoms with Crippen molar-refractivity contribution in [3.63, 3.8) is 0 Å². The summed E-state index contributed by atoms with van der Waals surface area (Å²) in [7, 11) is 0. The second kappa shape index (κ2) is 7.30. The van der Waals surface area contributed by atoms with E-state index < -0.39 is 5.60 Å². The lowest BCUT2D eigenvalue weighted by Gasteiger charge is -2.39. The molecule has 1 aliphatic carbocycles. The van der Waals surface area contributed by atoms with Crippen LogP contribution in [-0.4, -0.2) is 83.2 Å². The van der Waals surface area contributed by atoms with Crippen LogP contribution in [0.3, 0.4) is 0 Å². The second-order valence-electron chi connectivity index (χ2n) is 8.69. The lowest BCUT2D eigenvalue weighted by atomic mass is 9.79. The molecule has 2 heterocycles. The molecule has 2 atom stereocenters. The molecule has 5 nitrogen and oxygen atoms in total. The molecule has 5 heteroatoms. The van der Waals surface area contributed by atoms with Crippen LogP contribution in [0.5, 0.6) is 0 Å². The molecule has 0 radical (unpaired) electrons. The highest BCUT2D eigenvalue weighted by Crippen LogP contribution is 2.34. The van der Waals surface area contributed by atoms with E-state index >= 15 is 0 Å². The smallest absolute Gasteiger partial charge is 0.219 e. The number of aliphatic hydroxyl groups is 1. The first-order valence-corrected chi connectivity index (χ1v) is 9.80. The van der Waals surface area contributed by atoms with Gasteiger partial charge in [0.25, 0.3) is 0 Å². The maximum atomic E-state index is 11.5. The zero-order valence-corrected chi connectivity index (χ0v) is 15.7. The topological polar surface area (TPSA) is 47.0 Å². The van der Waals surface area contributed by atoms with Crippen LogP contribution in [0.2, 0.25) is 0 Å². The Morgan fingerprint density at radius 3 is 2.29 bits per heavy atom. The fourth-order valence-electron chi connectivity index (χ4n) is 4.89. The molecule has 3 fully saturated rings. The molecule has 0 aromatic carbocycles. The lowest BCUT2D eigenvalue weighted by molar-refractivity contribution is -0.130. The Morgan fingerprint density at radius 2 is 1.71 bits per heavy atom. The summed E-state index contributed by atoms with van der Waals surface area (Å²) in [5, 5.41) is 10.9. The molecular formula is C19H35N3O2. The molecule has 1 amide bonds. The van der Waals surface area contributed by atoms with Gasteiger partial charge in [-0.05, 0) is 37.5 Å². The Kier molecular flexibility index (Phi) is 5.52. The molecule has 0 bridgehead atoms. The average molecular weight is 338 g/mol. The number of hydrogen-bond acceptors (Lipinski definition) is 4. The van der Waals surface area contributed by atoms with Gasteiger partial charge >= 0.3 is 0 Å². The van der Waals surface area contributed by atoms with Crippen LogP contribution in [-0.2, 0) is 4.79 Å². The van der Waals surface area contributed by atoms with Crippen LogP contribution < -0.4 is 0 Å². The van der Waals surface area contributed by atoms with Crippen molar-refractivity contribution in [2.45, 2.75) is 58.1 Å². The van der Waals surface area contributed by atoms with E-state index in [2.05, 4.69) is 23.6 Å². The Balaban J connectivity index is 1.51. The van der Waals surface area contributed by atoms with Gasteiger partial charge in [0.15, 0.2) is 0 Å². The van der Waals surface area contributed by atoms with E-state index in [1.807, 2.05) is 4.90 Å². The van der Waals surface area contributed by atoms with Crippen molar-refractivity contribution in [2.24, 2.45) is 11.8 Å². The molecule has 0 aromatic rings. The van der Waals surface area contributed by atoms with Crippen LogP contribution >= 0.6 is 0 Å². The molecular weight excluding hydrogens is 302 g/mol. The number of amides is 1. The Morgan fingerprint density at radius 1 is 1.08 bits per heavy atom. The fourth-order valence-corrected chi connectivity index (χ4v) is 4.89. The largest absolute Gasteiger partial charge is 0.389 e. The number of carbonyl (C=O) groups is 1. The summed E-state index contributed by atoms with van der Waals surface area (Å²) < 4.78 is 0. The highest BCUT2D eigenvalue weighted by atomic mass is 16.3. The van der Waals surface area contributed by atoms with Crippen molar-refractivity contribution in [2.75, 3.05) is 45.8 Å². The van der Waals surface area contributed by atoms with Crippen molar-refractivity contribution >= 4 is 5.91 Å². The summed E-state index contributed by atoms with van der Waals surface area (Å²) in [4.78, 5) is 18.5.